The van der Waals surface area contributed by atoms with Gasteiger partial charge in [0.25, 0.3) is 0 Å². The lowest BCUT2D eigenvalue weighted by Gasteiger charge is -2.31. The first-order valence-corrected chi connectivity index (χ1v) is 7.08. The highest BCUT2D eigenvalue weighted by Crippen LogP contribution is 2.27. The van der Waals surface area contributed by atoms with Crippen molar-refractivity contribution in [2.75, 3.05) is 13.1 Å². The number of hydrogen-bond acceptors (Lipinski definition) is 3. The van der Waals surface area contributed by atoms with Crippen LogP contribution in [0.5, 0.6) is 0 Å². The van der Waals surface area contributed by atoms with E-state index < -0.39 is 23.3 Å². The summed E-state index contributed by atoms with van der Waals surface area (Å²) in [6.45, 7) is 6.00. The highest BCUT2D eigenvalue weighted by atomic mass is 16.4. The third-order valence-electron chi connectivity index (χ3n) is 3.80. The van der Waals surface area contributed by atoms with Gasteiger partial charge < -0.3 is 10.0 Å². The molecule has 0 spiro atoms. The van der Waals surface area contributed by atoms with E-state index in [0.717, 1.165) is 12.8 Å². The van der Waals surface area contributed by atoms with Crippen molar-refractivity contribution in [3.8, 4) is 0 Å². The summed E-state index contributed by atoms with van der Waals surface area (Å²) >= 11 is 0. The van der Waals surface area contributed by atoms with Gasteiger partial charge in [0, 0.05) is 19.5 Å². The predicted octanol–water partition coefficient (Wildman–Crippen LogP) is 1.85. The van der Waals surface area contributed by atoms with Crippen LogP contribution in [-0.2, 0) is 9.59 Å². The number of carboxylic acids is 1. The van der Waals surface area contributed by atoms with Crippen LogP contribution in [0.3, 0.4) is 0 Å². The van der Waals surface area contributed by atoms with Gasteiger partial charge in [0.1, 0.15) is 0 Å². The van der Waals surface area contributed by atoms with Crippen LogP contribution in [0.1, 0.15) is 46.5 Å². The molecular formula is C14H24N2O4. The van der Waals surface area contributed by atoms with Gasteiger partial charge in [-0.1, -0.05) is 6.42 Å². The number of nitrogens with one attached hydrogen (secondary N) is 1. The zero-order valence-electron chi connectivity index (χ0n) is 12.4. The number of amides is 3. The fraction of sp³-hybridized carbons (Fsp3) is 0.786. The Morgan fingerprint density at radius 3 is 2.30 bits per heavy atom. The van der Waals surface area contributed by atoms with Crippen LogP contribution in [0.25, 0.3) is 0 Å². The van der Waals surface area contributed by atoms with Gasteiger partial charge in [-0.25, -0.2) is 4.79 Å². The molecule has 0 unspecified atom stereocenters. The number of rotatable bonds is 6. The van der Waals surface area contributed by atoms with E-state index in [2.05, 4.69) is 5.32 Å². The summed E-state index contributed by atoms with van der Waals surface area (Å²) in [7, 11) is 0. The fourth-order valence-corrected chi connectivity index (χ4v) is 2.06. The summed E-state index contributed by atoms with van der Waals surface area (Å²) in [4.78, 5) is 36.3. The molecule has 0 aliphatic heterocycles. The Balaban J connectivity index is 2.46. The van der Waals surface area contributed by atoms with Crippen LogP contribution in [0, 0.1) is 11.3 Å². The van der Waals surface area contributed by atoms with E-state index in [1.807, 2.05) is 6.92 Å². The molecular weight excluding hydrogens is 260 g/mol. The quantitative estimate of drug-likeness (QED) is 0.779. The van der Waals surface area contributed by atoms with Gasteiger partial charge in [-0.15, -0.1) is 0 Å². The molecule has 0 heterocycles. The molecule has 114 valence electrons. The zero-order chi connectivity index (χ0) is 15.3. The van der Waals surface area contributed by atoms with Crippen molar-refractivity contribution in [1.82, 2.24) is 10.2 Å². The van der Waals surface area contributed by atoms with Crippen LogP contribution in [0.15, 0.2) is 0 Å². The summed E-state index contributed by atoms with van der Waals surface area (Å²) in [6.07, 6.45) is 3.25. The van der Waals surface area contributed by atoms with Crippen LogP contribution in [0.2, 0.25) is 0 Å². The summed E-state index contributed by atoms with van der Waals surface area (Å²) in [5.41, 5.74) is -1.17. The van der Waals surface area contributed by atoms with Crippen molar-refractivity contribution in [1.29, 1.82) is 0 Å². The molecule has 0 saturated heterocycles. The number of hydrogen-bond donors (Lipinski definition) is 2. The maximum atomic E-state index is 12.0. The zero-order valence-corrected chi connectivity index (χ0v) is 12.4. The van der Waals surface area contributed by atoms with Crippen molar-refractivity contribution in [3.63, 3.8) is 0 Å². The number of imide groups is 1. The van der Waals surface area contributed by atoms with Crippen molar-refractivity contribution in [3.05, 3.63) is 0 Å². The first-order valence-electron chi connectivity index (χ1n) is 7.08. The van der Waals surface area contributed by atoms with Gasteiger partial charge in [0.15, 0.2) is 0 Å². The molecule has 2 N–H and O–H groups in total. The smallest absolute Gasteiger partial charge is 0.324 e. The first-order chi connectivity index (χ1) is 9.26. The molecule has 0 atom stereocenters. The Hall–Kier alpha value is -1.59. The lowest BCUT2D eigenvalue weighted by molar-refractivity contribution is -0.149. The van der Waals surface area contributed by atoms with E-state index in [1.165, 1.54) is 20.3 Å². The van der Waals surface area contributed by atoms with Crippen LogP contribution in [0.4, 0.5) is 4.79 Å². The molecule has 1 aliphatic carbocycles. The van der Waals surface area contributed by atoms with E-state index in [0.29, 0.717) is 19.0 Å². The average Bonchev–Trinajstić information content (AvgIpc) is 2.26. The number of carbonyl (C=O) groups is 3. The minimum Gasteiger partial charge on any atom is -0.481 e. The molecule has 1 rings (SSSR count). The van der Waals surface area contributed by atoms with Crippen molar-refractivity contribution >= 4 is 17.9 Å². The highest BCUT2D eigenvalue weighted by molar-refractivity contribution is 5.96. The Morgan fingerprint density at radius 1 is 1.30 bits per heavy atom. The molecule has 0 radical (unpaired) electrons. The summed E-state index contributed by atoms with van der Waals surface area (Å²) < 4.78 is 0. The molecule has 1 saturated carbocycles. The maximum Gasteiger partial charge on any atom is 0.324 e. The van der Waals surface area contributed by atoms with E-state index in [9.17, 15) is 14.4 Å². The highest BCUT2D eigenvalue weighted by Gasteiger charge is 2.31. The summed E-state index contributed by atoms with van der Waals surface area (Å²) in [5, 5.41) is 11.2. The first kappa shape index (κ1) is 16.5. The average molecular weight is 284 g/mol. The lowest BCUT2D eigenvalue weighted by atomic mass is 9.85. The number of carboxylic acid groups (broad SMARTS) is 1. The summed E-state index contributed by atoms with van der Waals surface area (Å²) in [5.74, 6) is -1.07. The molecule has 6 nitrogen and oxygen atoms in total. The van der Waals surface area contributed by atoms with E-state index in [-0.39, 0.29) is 6.42 Å². The molecule has 1 aliphatic rings. The van der Waals surface area contributed by atoms with Crippen molar-refractivity contribution < 1.29 is 19.5 Å². The van der Waals surface area contributed by atoms with Gasteiger partial charge in [-0.2, -0.15) is 0 Å². The molecule has 3 amide bonds. The second kappa shape index (κ2) is 6.72. The SMILES string of the molecule is CCN(CC1CCC1)C(=O)NC(=O)CC(C)(C)C(=O)O. The Kier molecular flexibility index (Phi) is 5.53. The lowest BCUT2D eigenvalue weighted by Crippen LogP contribution is -2.46. The second-order valence-electron chi connectivity index (χ2n) is 6.05. The van der Waals surface area contributed by atoms with Gasteiger partial charge in [0.2, 0.25) is 5.91 Å². The molecule has 0 aromatic carbocycles. The number of aliphatic carboxylic acids is 1. The number of urea groups is 1. The van der Waals surface area contributed by atoms with E-state index >= 15 is 0 Å². The Labute approximate surface area is 119 Å². The number of nitrogens with zero attached hydrogens (tertiary/aromatic N) is 1. The molecule has 20 heavy (non-hydrogen) atoms. The Bertz CT molecular complexity index is 389. The third-order valence-corrected chi connectivity index (χ3v) is 3.80. The molecule has 0 bridgehead atoms. The number of carbonyl (C=O) groups excluding carboxylic acids is 2. The minimum atomic E-state index is -1.17. The maximum absolute atomic E-state index is 12.0. The predicted molar refractivity (Wildman–Crippen MR) is 74.2 cm³/mol. The van der Waals surface area contributed by atoms with Crippen LogP contribution >= 0.6 is 0 Å². The largest absolute Gasteiger partial charge is 0.481 e. The van der Waals surface area contributed by atoms with Gasteiger partial charge in [0.05, 0.1) is 5.41 Å². The normalized spacial score (nSPS) is 15.3. The van der Waals surface area contributed by atoms with Gasteiger partial charge >= 0.3 is 12.0 Å². The molecule has 1 fully saturated rings. The standard InChI is InChI=1S/C14H24N2O4/c1-4-16(9-10-6-5-7-10)13(20)15-11(17)8-14(2,3)12(18)19/h10H,4-9H2,1-3H3,(H,18,19)(H,15,17,20). The third kappa shape index (κ3) is 4.51. The van der Waals surface area contributed by atoms with E-state index in [1.54, 1.807) is 4.90 Å². The summed E-state index contributed by atoms with van der Waals surface area (Å²) in [6, 6.07) is -0.425. The topological polar surface area (TPSA) is 86.7 Å². The van der Waals surface area contributed by atoms with E-state index in [4.69, 9.17) is 5.11 Å². The van der Waals surface area contributed by atoms with Crippen molar-refractivity contribution in [2.45, 2.75) is 46.5 Å². The van der Waals surface area contributed by atoms with Crippen LogP contribution < -0.4 is 5.32 Å². The van der Waals surface area contributed by atoms with Gasteiger partial charge in [-0.05, 0) is 39.5 Å². The van der Waals surface area contributed by atoms with Crippen molar-refractivity contribution in [2.24, 2.45) is 11.3 Å². The fourth-order valence-electron chi connectivity index (χ4n) is 2.06. The van der Waals surface area contributed by atoms with Crippen LogP contribution in [-0.4, -0.2) is 41.0 Å². The molecule has 0 aromatic rings. The monoisotopic (exact) mass is 284 g/mol. The second-order valence-corrected chi connectivity index (χ2v) is 6.05. The minimum absolute atomic E-state index is 0.213. The Morgan fingerprint density at radius 2 is 1.90 bits per heavy atom. The molecule has 0 aromatic heterocycles. The van der Waals surface area contributed by atoms with Gasteiger partial charge in [-0.3, -0.25) is 14.9 Å². The molecule has 6 heteroatoms.